The summed E-state index contributed by atoms with van der Waals surface area (Å²) in [4.78, 5) is 4.45. The van der Waals surface area contributed by atoms with Gasteiger partial charge in [0.2, 0.25) is 0 Å². The molecule has 0 unspecified atom stereocenters. The number of thiazole rings is 1. The second-order valence-electron chi connectivity index (χ2n) is 2.43. The Hall–Kier alpha value is -0.293. The first-order valence-corrected chi connectivity index (χ1v) is 4.56. The number of nitrogens with zero attached hydrogens (tertiary/aromatic N) is 1. The second-order valence-corrected chi connectivity index (χ2v) is 3.54. The molecule has 0 N–H and O–H groups in total. The summed E-state index contributed by atoms with van der Waals surface area (Å²) in [6.45, 7) is 0. The minimum atomic E-state index is 1.04. The van der Waals surface area contributed by atoms with Crippen LogP contribution in [-0.2, 0) is 5.09 Å². The van der Waals surface area contributed by atoms with Gasteiger partial charge in [-0.3, -0.25) is 0 Å². The van der Waals surface area contributed by atoms with Crippen molar-refractivity contribution in [2.75, 3.05) is 0 Å². The van der Waals surface area contributed by atoms with Crippen molar-refractivity contribution >= 4 is 39.3 Å². The Morgan fingerprint density at radius 3 is 2.91 bits per heavy atom. The van der Waals surface area contributed by atoms with Gasteiger partial charge in [0.25, 0.3) is 0 Å². The summed E-state index contributed by atoms with van der Waals surface area (Å²) in [5.74, 6) is 0. The predicted molar refractivity (Wildman–Crippen MR) is 49.1 cm³/mol. The summed E-state index contributed by atoms with van der Waals surface area (Å²) >= 11 is 3.92. The minimum absolute atomic E-state index is 1.04. The van der Waals surface area contributed by atoms with Crippen LogP contribution in [0.5, 0.6) is 0 Å². The molecule has 0 radical (unpaired) electrons. The van der Waals surface area contributed by atoms with Gasteiger partial charge in [0.1, 0.15) is 0 Å². The molecule has 3 heteroatoms. The Morgan fingerprint density at radius 1 is 1.36 bits per heavy atom. The summed E-state index contributed by atoms with van der Waals surface area (Å²) in [5.41, 5.74) is 1.13. The van der Waals surface area contributed by atoms with Crippen LogP contribution < -0.4 is 0 Å². The molecule has 11 heavy (non-hydrogen) atoms. The fourth-order valence-corrected chi connectivity index (χ4v) is 1.98. The molecule has 0 fully saturated rings. The molecular formula is C8H6LiNS. The zero-order valence-electron chi connectivity index (χ0n) is 6.37. The summed E-state index contributed by atoms with van der Waals surface area (Å²) in [5, 5.41) is 2.27. The van der Waals surface area contributed by atoms with Crippen molar-refractivity contribution in [3.8, 4) is 0 Å². The summed E-state index contributed by atoms with van der Waals surface area (Å²) in [6.07, 6.45) is 0. The van der Waals surface area contributed by atoms with Crippen LogP contribution in [0.2, 0.25) is 0 Å². The van der Waals surface area contributed by atoms with Crippen LogP contribution in [-0.4, -0.2) is 22.7 Å². The molecule has 1 aromatic heterocycles. The molecule has 1 aromatic carbocycles. The van der Waals surface area contributed by atoms with Crippen molar-refractivity contribution < 1.29 is 0 Å². The van der Waals surface area contributed by atoms with Crippen LogP contribution in [0.25, 0.3) is 10.2 Å². The average molecular weight is 155 g/mol. The topological polar surface area (TPSA) is 12.9 Å². The molecule has 1 heterocycles. The number of rotatable bonds is 1. The Balaban J connectivity index is 2.69. The third kappa shape index (κ3) is 1.34. The fraction of sp³-hybridized carbons (Fsp3) is 0.125. The molecule has 2 aromatic rings. The van der Waals surface area contributed by atoms with Crippen molar-refractivity contribution in [3.05, 3.63) is 29.3 Å². The van der Waals surface area contributed by atoms with Gasteiger partial charge in [-0.15, -0.1) is 0 Å². The molecule has 1 nitrogen and oxygen atoms in total. The standard InChI is InChI=1S/C8H6NS.Li/c1-6-9-7-4-2-3-5-8(7)10-6;/h2-5H,1H2;. The Kier molecular flexibility index (Phi) is 2.00. The van der Waals surface area contributed by atoms with E-state index in [9.17, 15) is 0 Å². The molecule has 0 aliphatic carbocycles. The van der Waals surface area contributed by atoms with E-state index in [1.807, 2.05) is 6.07 Å². The van der Waals surface area contributed by atoms with Crippen LogP contribution in [0.1, 0.15) is 5.01 Å². The Labute approximate surface area is 78.7 Å². The van der Waals surface area contributed by atoms with E-state index in [4.69, 9.17) is 0 Å². The van der Waals surface area contributed by atoms with Crippen LogP contribution in [0.4, 0.5) is 0 Å². The van der Waals surface area contributed by atoms with E-state index in [2.05, 4.69) is 40.9 Å². The van der Waals surface area contributed by atoms with Gasteiger partial charge < -0.3 is 0 Å². The van der Waals surface area contributed by atoms with Gasteiger partial charge in [-0.25, -0.2) is 0 Å². The second kappa shape index (κ2) is 2.98. The number of benzene rings is 1. The average Bonchev–Trinajstić information content (AvgIpc) is 2.46. The molecule has 0 aliphatic heterocycles. The van der Waals surface area contributed by atoms with Gasteiger partial charge in [-0.2, -0.15) is 0 Å². The van der Waals surface area contributed by atoms with Crippen molar-refractivity contribution in [1.29, 1.82) is 0 Å². The van der Waals surface area contributed by atoms with Gasteiger partial charge in [-0.05, 0) is 0 Å². The van der Waals surface area contributed by atoms with Crippen molar-refractivity contribution in [3.63, 3.8) is 0 Å². The molecule has 2 rings (SSSR count). The predicted octanol–water partition coefficient (Wildman–Crippen LogP) is 1.96. The first-order chi connectivity index (χ1) is 5.40. The molecule has 0 spiro atoms. The number of aromatic nitrogens is 1. The van der Waals surface area contributed by atoms with E-state index in [1.54, 1.807) is 11.3 Å². The molecule has 0 amide bonds. The van der Waals surface area contributed by atoms with Crippen LogP contribution >= 0.6 is 11.3 Å². The van der Waals surface area contributed by atoms with Crippen LogP contribution in [0.3, 0.4) is 0 Å². The number of para-hydroxylation sites is 1. The van der Waals surface area contributed by atoms with E-state index < -0.39 is 0 Å². The van der Waals surface area contributed by atoms with Gasteiger partial charge in [-0.1, -0.05) is 0 Å². The zero-order valence-corrected chi connectivity index (χ0v) is 7.19. The van der Waals surface area contributed by atoms with Gasteiger partial charge in [0.15, 0.2) is 0 Å². The molecule has 50 valence electrons. The quantitative estimate of drug-likeness (QED) is 0.573. The SMILES string of the molecule is [Li][CH2]c1nc2ccccc2s1. The normalized spacial score (nSPS) is 10.7. The van der Waals surface area contributed by atoms with E-state index in [0.29, 0.717) is 0 Å². The van der Waals surface area contributed by atoms with Crippen molar-refractivity contribution in [2.45, 2.75) is 5.09 Å². The molecular weight excluding hydrogens is 149 g/mol. The van der Waals surface area contributed by atoms with Crippen LogP contribution in [0.15, 0.2) is 24.3 Å². The van der Waals surface area contributed by atoms with Crippen LogP contribution in [0, 0.1) is 0 Å². The van der Waals surface area contributed by atoms with Gasteiger partial charge in [0, 0.05) is 0 Å². The summed E-state index contributed by atoms with van der Waals surface area (Å²) in [7, 11) is 0. The number of hydrogen-bond acceptors (Lipinski definition) is 2. The molecule has 0 saturated heterocycles. The first-order valence-electron chi connectivity index (χ1n) is 3.74. The van der Waals surface area contributed by atoms with Crippen molar-refractivity contribution in [1.82, 2.24) is 4.98 Å². The van der Waals surface area contributed by atoms with E-state index in [0.717, 1.165) is 10.6 Å². The third-order valence-corrected chi connectivity index (χ3v) is 2.82. The summed E-state index contributed by atoms with van der Waals surface area (Å²) in [6, 6.07) is 8.26. The maximum atomic E-state index is 4.45. The van der Waals surface area contributed by atoms with E-state index in [1.165, 1.54) is 9.71 Å². The van der Waals surface area contributed by atoms with Crippen molar-refractivity contribution in [2.24, 2.45) is 0 Å². The van der Waals surface area contributed by atoms with Gasteiger partial charge >= 0.3 is 78.6 Å². The Morgan fingerprint density at radius 2 is 2.18 bits per heavy atom. The first kappa shape index (κ1) is 7.36. The Bertz CT molecular complexity index is 336. The molecule has 0 saturated carbocycles. The number of fused-ring (bicyclic) bond motifs is 1. The monoisotopic (exact) mass is 155 g/mol. The molecule has 0 bridgehead atoms. The number of hydrogen-bond donors (Lipinski definition) is 0. The third-order valence-electron chi connectivity index (χ3n) is 1.64. The maximum absolute atomic E-state index is 4.45. The zero-order chi connectivity index (χ0) is 7.68. The molecule has 0 atom stereocenters. The van der Waals surface area contributed by atoms with E-state index in [-0.39, 0.29) is 0 Å². The fourth-order valence-electron chi connectivity index (χ4n) is 1.07. The van der Waals surface area contributed by atoms with E-state index >= 15 is 0 Å². The molecule has 0 aliphatic rings. The van der Waals surface area contributed by atoms with Gasteiger partial charge in [0.05, 0.1) is 0 Å². The summed E-state index contributed by atoms with van der Waals surface area (Å²) < 4.78 is 1.30.